The molecule has 0 bridgehead atoms. The van der Waals surface area contributed by atoms with E-state index in [4.69, 9.17) is 11.6 Å². The molecule has 1 saturated carbocycles. The highest BCUT2D eigenvalue weighted by Crippen LogP contribution is 2.46. The second-order valence-corrected chi connectivity index (χ2v) is 7.56. The first kappa shape index (κ1) is 20.7. The fraction of sp³-hybridized carbons (Fsp3) is 0.556. The van der Waals surface area contributed by atoms with Crippen LogP contribution in [-0.2, 0) is 4.79 Å². The van der Waals surface area contributed by atoms with Gasteiger partial charge in [-0.1, -0.05) is 17.7 Å². The topological polar surface area (TPSA) is 61.4 Å². The van der Waals surface area contributed by atoms with Crippen molar-refractivity contribution >= 4 is 23.5 Å². The van der Waals surface area contributed by atoms with E-state index in [2.05, 4.69) is 10.6 Å². The van der Waals surface area contributed by atoms with E-state index < -0.39 is 53.0 Å². The van der Waals surface area contributed by atoms with Crippen LogP contribution in [0.5, 0.6) is 0 Å². The molecule has 0 radical (unpaired) electrons. The molecule has 154 valence electrons. The number of alkyl halides is 2. The Hall–Kier alpha value is -2.03. The van der Waals surface area contributed by atoms with Crippen molar-refractivity contribution in [3.8, 4) is 0 Å². The lowest BCUT2D eigenvalue weighted by Gasteiger charge is -2.42. The number of amides is 3. The molecule has 0 unspecified atom stereocenters. The fourth-order valence-corrected chi connectivity index (χ4v) is 3.87. The second kappa shape index (κ2) is 8.14. The summed E-state index contributed by atoms with van der Waals surface area (Å²) in [5, 5.41) is 4.55. The zero-order valence-corrected chi connectivity index (χ0v) is 15.8. The van der Waals surface area contributed by atoms with Crippen LogP contribution in [0.4, 0.5) is 22.4 Å². The van der Waals surface area contributed by atoms with Crippen molar-refractivity contribution in [1.82, 2.24) is 15.5 Å². The van der Waals surface area contributed by atoms with Crippen LogP contribution < -0.4 is 10.6 Å². The maximum absolute atomic E-state index is 14.6. The van der Waals surface area contributed by atoms with Gasteiger partial charge in [0, 0.05) is 24.6 Å². The van der Waals surface area contributed by atoms with Crippen molar-refractivity contribution in [2.45, 2.75) is 38.3 Å². The summed E-state index contributed by atoms with van der Waals surface area (Å²) in [4.78, 5) is 25.8. The summed E-state index contributed by atoms with van der Waals surface area (Å²) in [5.41, 5.74) is -0.0634. The molecule has 1 aliphatic heterocycles. The third-order valence-corrected chi connectivity index (χ3v) is 5.82. The van der Waals surface area contributed by atoms with Crippen LogP contribution in [0.2, 0.25) is 5.02 Å². The maximum atomic E-state index is 14.6. The summed E-state index contributed by atoms with van der Waals surface area (Å²) in [6.07, 6.45) is -2.32. The summed E-state index contributed by atoms with van der Waals surface area (Å²) in [6, 6.07) is -0.180. The van der Waals surface area contributed by atoms with E-state index in [1.165, 1.54) is 4.90 Å². The molecule has 1 heterocycles. The first-order valence-corrected chi connectivity index (χ1v) is 9.34. The predicted octanol–water partition coefficient (Wildman–Crippen LogP) is 3.48. The van der Waals surface area contributed by atoms with Gasteiger partial charge in [-0.25, -0.2) is 22.4 Å². The third kappa shape index (κ3) is 3.90. The van der Waals surface area contributed by atoms with E-state index in [0.717, 1.165) is 12.1 Å². The molecule has 3 rings (SSSR count). The van der Waals surface area contributed by atoms with Gasteiger partial charge < -0.3 is 15.5 Å². The van der Waals surface area contributed by atoms with E-state index in [1.54, 1.807) is 6.92 Å². The van der Waals surface area contributed by atoms with Gasteiger partial charge in [-0.2, -0.15) is 0 Å². The van der Waals surface area contributed by atoms with Crippen LogP contribution in [0.25, 0.3) is 0 Å². The molecular formula is C18H20ClF4N3O2. The molecule has 5 nitrogen and oxygen atoms in total. The highest BCUT2D eigenvalue weighted by atomic mass is 35.5. The Morgan fingerprint density at radius 1 is 1.29 bits per heavy atom. The minimum absolute atomic E-state index is 0.0634. The van der Waals surface area contributed by atoms with E-state index in [1.807, 2.05) is 0 Å². The normalized spacial score (nSPS) is 25.9. The summed E-state index contributed by atoms with van der Waals surface area (Å²) >= 11 is 5.65. The Bertz CT molecular complexity index is 773. The first-order valence-electron chi connectivity index (χ1n) is 8.97. The Kier molecular flexibility index (Phi) is 6.02. The Labute approximate surface area is 164 Å². The standard InChI is InChI=1S/C18H20ClF4N3O2/c1-8-17(27)24-4-5-26(8)18(28)25-15(9-6-10(7-9)16(22)23)11-2-3-12(20)13(19)14(11)21/h2-3,8-10,15-16H,4-7H2,1H3,(H,24,27)(H,25,28)/t8-,9-,10-,15+/m1/s1. The van der Waals surface area contributed by atoms with Crippen molar-refractivity contribution in [3.63, 3.8) is 0 Å². The number of rotatable bonds is 4. The largest absolute Gasteiger partial charge is 0.353 e. The zero-order valence-electron chi connectivity index (χ0n) is 15.0. The number of nitrogens with one attached hydrogen (secondary N) is 2. The van der Waals surface area contributed by atoms with Crippen LogP contribution in [0.1, 0.15) is 31.4 Å². The Morgan fingerprint density at radius 2 is 1.96 bits per heavy atom. The summed E-state index contributed by atoms with van der Waals surface area (Å²) in [7, 11) is 0. The van der Waals surface area contributed by atoms with E-state index in [0.29, 0.717) is 0 Å². The van der Waals surface area contributed by atoms with Gasteiger partial charge in [0.15, 0.2) is 0 Å². The molecule has 2 fully saturated rings. The molecule has 10 heteroatoms. The van der Waals surface area contributed by atoms with Crippen LogP contribution in [-0.4, -0.2) is 42.4 Å². The van der Waals surface area contributed by atoms with Gasteiger partial charge in [0.05, 0.1) is 6.04 Å². The van der Waals surface area contributed by atoms with Crippen molar-refractivity contribution in [1.29, 1.82) is 0 Å². The van der Waals surface area contributed by atoms with Crippen molar-refractivity contribution < 1.29 is 27.2 Å². The minimum atomic E-state index is -2.50. The van der Waals surface area contributed by atoms with Gasteiger partial charge in [-0.3, -0.25) is 4.79 Å². The molecule has 2 aliphatic rings. The Balaban J connectivity index is 1.84. The molecule has 1 aromatic carbocycles. The van der Waals surface area contributed by atoms with Crippen molar-refractivity contribution in [2.75, 3.05) is 13.1 Å². The molecule has 28 heavy (non-hydrogen) atoms. The summed E-state index contributed by atoms with van der Waals surface area (Å²) < 4.78 is 53.9. The van der Waals surface area contributed by atoms with Crippen LogP contribution in [0.3, 0.4) is 0 Å². The number of hydrogen-bond acceptors (Lipinski definition) is 2. The van der Waals surface area contributed by atoms with Gasteiger partial charge >= 0.3 is 6.03 Å². The lowest BCUT2D eigenvalue weighted by atomic mass is 9.69. The van der Waals surface area contributed by atoms with E-state index in [-0.39, 0.29) is 37.4 Å². The fourth-order valence-electron chi connectivity index (χ4n) is 3.69. The van der Waals surface area contributed by atoms with E-state index in [9.17, 15) is 27.2 Å². The molecule has 0 aromatic heterocycles. The molecule has 2 atom stereocenters. The number of nitrogens with zero attached hydrogens (tertiary/aromatic N) is 1. The summed E-state index contributed by atoms with van der Waals surface area (Å²) in [5.74, 6) is -3.59. The monoisotopic (exact) mass is 421 g/mol. The maximum Gasteiger partial charge on any atom is 0.318 e. The number of hydrogen-bond donors (Lipinski definition) is 2. The van der Waals surface area contributed by atoms with Gasteiger partial charge in [0.1, 0.15) is 22.7 Å². The average molecular weight is 422 g/mol. The van der Waals surface area contributed by atoms with Gasteiger partial charge in [0.2, 0.25) is 12.3 Å². The molecule has 1 saturated heterocycles. The second-order valence-electron chi connectivity index (χ2n) is 7.18. The predicted molar refractivity (Wildman–Crippen MR) is 94.0 cm³/mol. The van der Waals surface area contributed by atoms with E-state index >= 15 is 0 Å². The van der Waals surface area contributed by atoms with Crippen LogP contribution in [0, 0.1) is 23.5 Å². The first-order chi connectivity index (χ1) is 13.2. The molecule has 1 aromatic rings. The van der Waals surface area contributed by atoms with Crippen molar-refractivity contribution in [3.05, 3.63) is 34.4 Å². The number of piperazine rings is 1. The third-order valence-electron chi connectivity index (χ3n) is 5.48. The highest BCUT2D eigenvalue weighted by Gasteiger charge is 2.43. The van der Waals surface area contributed by atoms with Crippen LogP contribution >= 0.6 is 11.6 Å². The van der Waals surface area contributed by atoms with Gasteiger partial charge in [-0.15, -0.1) is 0 Å². The lowest BCUT2D eigenvalue weighted by molar-refractivity contribution is -0.127. The number of urea groups is 1. The molecular weight excluding hydrogens is 402 g/mol. The SMILES string of the molecule is C[C@@H]1C(=O)NCCN1C(=O)N[C@H](c1ccc(F)c(Cl)c1F)[C@H]1C[C@H](C(F)F)C1. The number of benzene rings is 1. The molecule has 3 amide bonds. The quantitative estimate of drug-likeness (QED) is 0.577. The number of carbonyl (C=O) groups excluding carboxylic acids is 2. The highest BCUT2D eigenvalue weighted by molar-refractivity contribution is 6.31. The molecule has 0 spiro atoms. The zero-order chi connectivity index (χ0) is 20.6. The van der Waals surface area contributed by atoms with Crippen LogP contribution in [0.15, 0.2) is 12.1 Å². The van der Waals surface area contributed by atoms with Crippen molar-refractivity contribution in [2.24, 2.45) is 11.8 Å². The molecule has 1 aliphatic carbocycles. The summed E-state index contributed by atoms with van der Waals surface area (Å²) in [6.45, 7) is 2.08. The van der Waals surface area contributed by atoms with Gasteiger partial charge in [0.25, 0.3) is 0 Å². The average Bonchev–Trinajstić information content (AvgIpc) is 2.60. The number of halogens is 5. The number of carbonyl (C=O) groups is 2. The minimum Gasteiger partial charge on any atom is -0.353 e. The van der Waals surface area contributed by atoms with Gasteiger partial charge in [-0.05, 0) is 31.7 Å². The Morgan fingerprint density at radius 3 is 2.61 bits per heavy atom. The smallest absolute Gasteiger partial charge is 0.318 e. The lowest BCUT2D eigenvalue weighted by Crippen LogP contribution is -2.59. The molecule has 2 N–H and O–H groups in total.